The maximum atomic E-state index is 12.9. The summed E-state index contributed by atoms with van der Waals surface area (Å²) in [7, 11) is -4.18. The molecule has 3 aromatic rings. The van der Waals surface area contributed by atoms with Crippen LogP contribution in [0.15, 0.2) is 76.7 Å². The molecule has 30 heavy (non-hydrogen) atoms. The highest BCUT2D eigenvalue weighted by molar-refractivity contribution is 7.92. The van der Waals surface area contributed by atoms with Gasteiger partial charge in [0.1, 0.15) is 10.6 Å². The first kappa shape index (κ1) is 21.1. The number of hydrazone groups is 1. The zero-order chi connectivity index (χ0) is 21.7. The second-order valence-electron chi connectivity index (χ2n) is 6.01. The SMILES string of the molecule is O=[N+]([O-])c1ccc(N/N=C/c2ccc(O)cc2)c(S(=O)(=O)Nc2ccc(Cl)cc2)c1. The molecule has 0 aliphatic rings. The van der Waals surface area contributed by atoms with Crippen LogP contribution >= 0.6 is 11.6 Å². The molecule has 0 heterocycles. The van der Waals surface area contributed by atoms with E-state index in [9.17, 15) is 23.6 Å². The number of phenols is 1. The van der Waals surface area contributed by atoms with E-state index in [4.69, 9.17) is 11.6 Å². The van der Waals surface area contributed by atoms with E-state index in [1.54, 1.807) is 12.1 Å². The molecular weight excluding hydrogens is 432 g/mol. The number of halogens is 1. The Morgan fingerprint density at radius 3 is 2.33 bits per heavy atom. The molecule has 0 saturated heterocycles. The molecule has 0 radical (unpaired) electrons. The van der Waals surface area contributed by atoms with Crippen LogP contribution in [0, 0.1) is 10.1 Å². The summed E-state index contributed by atoms with van der Waals surface area (Å²) >= 11 is 5.81. The van der Waals surface area contributed by atoms with E-state index >= 15 is 0 Å². The van der Waals surface area contributed by atoms with Gasteiger partial charge in [-0.3, -0.25) is 20.3 Å². The molecule has 9 nitrogen and oxygen atoms in total. The first-order chi connectivity index (χ1) is 14.2. The highest BCUT2D eigenvalue weighted by Gasteiger charge is 2.22. The van der Waals surface area contributed by atoms with Crippen molar-refractivity contribution < 1.29 is 18.4 Å². The first-order valence-corrected chi connectivity index (χ1v) is 10.3. The number of anilines is 2. The fraction of sp³-hybridized carbons (Fsp3) is 0. The van der Waals surface area contributed by atoms with Gasteiger partial charge in [-0.15, -0.1) is 0 Å². The molecule has 0 aliphatic carbocycles. The topological polar surface area (TPSA) is 134 Å². The Labute approximate surface area is 176 Å². The van der Waals surface area contributed by atoms with E-state index in [1.807, 2.05) is 0 Å². The van der Waals surface area contributed by atoms with Crippen LogP contribution in [-0.4, -0.2) is 24.7 Å². The van der Waals surface area contributed by atoms with Gasteiger partial charge in [0.05, 0.1) is 16.8 Å². The minimum absolute atomic E-state index is 0.0390. The van der Waals surface area contributed by atoms with Crippen molar-refractivity contribution in [3.8, 4) is 5.75 Å². The molecule has 0 saturated carbocycles. The number of benzene rings is 3. The molecule has 154 valence electrons. The third-order valence-electron chi connectivity index (χ3n) is 3.85. The van der Waals surface area contributed by atoms with E-state index in [0.29, 0.717) is 10.6 Å². The Morgan fingerprint density at radius 2 is 1.70 bits per heavy atom. The van der Waals surface area contributed by atoms with Crippen molar-refractivity contribution in [3.63, 3.8) is 0 Å². The lowest BCUT2D eigenvalue weighted by Crippen LogP contribution is -2.15. The van der Waals surface area contributed by atoms with Gasteiger partial charge in [0, 0.05) is 22.8 Å². The number of hydrogen-bond donors (Lipinski definition) is 3. The third-order valence-corrected chi connectivity index (χ3v) is 5.53. The van der Waals surface area contributed by atoms with Crippen LogP contribution in [0.1, 0.15) is 5.56 Å². The van der Waals surface area contributed by atoms with Crippen LogP contribution in [0.2, 0.25) is 5.02 Å². The van der Waals surface area contributed by atoms with Crippen molar-refractivity contribution in [2.75, 3.05) is 10.1 Å². The van der Waals surface area contributed by atoms with Crippen LogP contribution in [0.3, 0.4) is 0 Å². The predicted octanol–water partition coefficient (Wildman–Crippen LogP) is 4.20. The van der Waals surface area contributed by atoms with Crippen LogP contribution in [0.25, 0.3) is 0 Å². The maximum Gasteiger partial charge on any atom is 0.270 e. The molecule has 3 rings (SSSR count). The maximum absolute atomic E-state index is 12.9. The van der Waals surface area contributed by atoms with Gasteiger partial charge in [-0.1, -0.05) is 11.6 Å². The van der Waals surface area contributed by atoms with E-state index in [-0.39, 0.29) is 27.7 Å². The van der Waals surface area contributed by atoms with Crippen molar-refractivity contribution in [1.82, 2.24) is 0 Å². The average molecular weight is 447 g/mol. The lowest BCUT2D eigenvalue weighted by molar-refractivity contribution is -0.385. The molecule has 0 aromatic heterocycles. The van der Waals surface area contributed by atoms with E-state index in [0.717, 1.165) is 6.07 Å². The molecule has 0 spiro atoms. The van der Waals surface area contributed by atoms with Crippen molar-refractivity contribution in [1.29, 1.82) is 0 Å². The summed E-state index contributed by atoms with van der Waals surface area (Å²) in [6.07, 6.45) is 1.41. The van der Waals surface area contributed by atoms with Gasteiger partial charge >= 0.3 is 0 Å². The Kier molecular flexibility index (Phi) is 6.19. The van der Waals surface area contributed by atoms with Gasteiger partial charge in [-0.25, -0.2) is 8.42 Å². The van der Waals surface area contributed by atoms with Gasteiger partial charge in [0.25, 0.3) is 15.7 Å². The number of hydrogen-bond acceptors (Lipinski definition) is 7. The van der Waals surface area contributed by atoms with Crippen LogP contribution < -0.4 is 10.1 Å². The Balaban J connectivity index is 1.92. The summed E-state index contributed by atoms with van der Waals surface area (Å²) in [5.41, 5.74) is 3.12. The number of nitro groups is 1. The molecule has 3 aromatic carbocycles. The minimum Gasteiger partial charge on any atom is -0.508 e. The molecule has 0 bridgehead atoms. The van der Waals surface area contributed by atoms with Crippen LogP contribution in [0.5, 0.6) is 5.75 Å². The van der Waals surface area contributed by atoms with Crippen LogP contribution in [0.4, 0.5) is 17.1 Å². The van der Waals surface area contributed by atoms with Gasteiger partial charge in [-0.05, 0) is 60.2 Å². The van der Waals surface area contributed by atoms with Crippen molar-refractivity contribution in [3.05, 3.63) is 87.4 Å². The van der Waals surface area contributed by atoms with E-state index < -0.39 is 14.9 Å². The molecule has 0 atom stereocenters. The molecule has 11 heteroatoms. The number of non-ortho nitro benzene ring substituents is 1. The van der Waals surface area contributed by atoms with Crippen molar-refractivity contribution >= 4 is 44.9 Å². The van der Waals surface area contributed by atoms with Gasteiger partial charge in [0.15, 0.2) is 0 Å². The zero-order valence-electron chi connectivity index (χ0n) is 15.2. The Hall–Kier alpha value is -3.63. The smallest absolute Gasteiger partial charge is 0.270 e. The minimum atomic E-state index is -4.18. The molecule has 0 fully saturated rings. The molecule has 3 N–H and O–H groups in total. The largest absolute Gasteiger partial charge is 0.508 e. The van der Waals surface area contributed by atoms with Gasteiger partial charge in [-0.2, -0.15) is 5.10 Å². The van der Waals surface area contributed by atoms with Crippen LogP contribution in [-0.2, 0) is 10.0 Å². The van der Waals surface area contributed by atoms with Gasteiger partial charge < -0.3 is 5.11 Å². The summed E-state index contributed by atoms with van der Waals surface area (Å²) in [6.45, 7) is 0. The lowest BCUT2D eigenvalue weighted by Gasteiger charge is -2.12. The highest BCUT2D eigenvalue weighted by atomic mass is 35.5. The van der Waals surface area contributed by atoms with Gasteiger partial charge in [0.2, 0.25) is 0 Å². The number of nitrogens with one attached hydrogen (secondary N) is 2. The van der Waals surface area contributed by atoms with Crippen molar-refractivity contribution in [2.24, 2.45) is 5.10 Å². The number of sulfonamides is 1. The Morgan fingerprint density at radius 1 is 1.03 bits per heavy atom. The zero-order valence-corrected chi connectivity index (χ0v) is 16.8. The molecule has 0 aliphatic heterocycles. The standard InChI is InChI=1S/C19H15ClN4O5S/c20-14-3-5-15(6-4-14)23-30(28,29)19-11-16(24(26)27)7-10-18(19)22-21-12-13-1-8-17(25)9-2-13/h1-12,22-23,25H/b21-12+. The molecule has 0 amide bonds. The first-order valence-electron chi connectivity index (χ1n) is 8.39. The lowest BCUT2D eigenvalue weighted by atomic mass is 10.2. The summed E-state index contributed by atoms with van der Waals surface area (Å²) in [4.78, 5) is 10.1. The summed E-state index contributed by atoms with van der Waals surface area (Å²) in [5, 5.41) is 24.8. The number of rotatable bonds is 7. The molecular formula is C19H15ClN4O5S. The van der Waals surface area contributed by atoms with E-state index in [1.165, 1.54) is 54.7 Å². The van der Waals surface area contributed by atoms with Crippen molar-refractivity contribution in [2.45, 2.75) is 4.90 Å². The second kappa shape index (κ2) is 8.80. The summed E-state index contributed by atoms with van der Waals surface area (Å²) < 4.78 is 28.1. The Bertz CT molecular complexity index is 1200. The molecule has 0 unspecified atom stereocenters. The number of nitro benzene ring substituents is 1. The monoisotopic (exact) mass is 446 g/mol. The fourth-order valence-electron chi connectivity index (χ4n) is 2.40. The highest BCUT2D eigenvalue weighted by Crippen LogP contribution is 2.28. The number of nitrogens with zero attached hydrogens (tertiary/aromatic N) is 2. The average Bonchev–Trinajstić information content (AvgIpc) is 2.71. The predicted molar refractivity (Wildman–Crippen MR) is 115 cm³/mol. The number of phenolic OH excluding ortho intramolecular Hbond substituents is 1. The quantitative estimate of drug-likeness (QED) is 0.283. The third kappa shape index (κ3) is 5.25. The summed E-state index contributed by atoms with van der Waals surface area (Å²) in [5.74, 6) is 0.0946. The summed E-state index contributed by atoms with van der Waals surface area (Å²) in [6, 6.07) is 15.5. The normalized spacial score (nSPS) is 11.4. The second-order valence-corrected chi connectivity index (χ2v) is 8.10. The number of aromatic hydroxyl groups is 1. The fourth-order valence-corrected chi connectivity index (χ4v) is 3.77. The van der Waals surface area contributed by atoms with E-state index in [2.05, 4.69) is 15.2 Å².